The van der Waals surface area contributed by atoms with Gasteiger partial charge < -0.3 is 9.84 Å². The molecule has 1 N–H and O–H groups in total. The summed E-state index contributed by atoms with van der Waals surface area (Å²) in [6.45, 7) is 4.33. The summed E-state index contributed by atoms with van der Waals surface area (Å²) in [7, 11) is 0. The van der Waals surface area contributed by atoms with E-state index in [1.165, 1.54) is 4.88 Å². The summed E-state index contributed by atoms with van der Waals surface area (Å²) < 4.78 is 5.77. The Morgan fingerprint density at radius 3 is 2.82 bits per heavy atom. The molecule has 2 aromatic rings. The molecule has 0 saturated heterocycles. The monoisotopic (exact) mass is 248 g/mol. The van der Waals surface area contributed by atoms with Crippen LogP contribution in [0.4, 0.5) is 0 Å². The first-order valence-electron chi connectivity index (χ1n) is 5.60. The van der Waals surface area contributed by atoms with Crippen LogP contribution in [0, 0.1) is 6.92 Å². The maximum absolute atomic E-state index is 9.68. The first-order valence-corrected chi connectivity index (χ1v) is 6.48. The van der Waals surface area contributed by atoms with Crippen molar-refractivity contribution in [2.75, 3.05) is 0 Å². The van der Waals surface area contributed by atoms with Gasteiger partial charge in [0.2, 0.25) is 0 Å². The van der Waals surface area contributed by atoms with Crippen LogP contribution < -0.4 is 4.74 Å². The summed E-state index contributed by atoms with van der Waals surface area (Å²) in [5, 5.41) is 11.7. The van der Waals surface area contributed by atoms with E-state index in [0.29, 0.717) is 6.61 Å². The highest BCUT2D eigenvalue weighted by Crippen LogP contribution is 2.27. The molecular formula is C14H16O2S. The minimum absolute atomic E-state index is 0.506. The highest BCUT2D eigenvalue weighted by atomic mass is 32.1. The Morgan fingerprint density at radius 1 is 1.35 bits per heavy atom. The van der Waals surface area contributed by atoms with Gasteiger partial charge >= 0.3 is 0 Å². The average Bonchev–Trinajstić information content (AvgIpc) is 2.78. The topological polar surface area (TPSA) is 29.5 Å². The Morgan fingerprint density at radius 2 is 2.18 bits per heavy atom. The summed E-state index contributed by atoms with van der Waals surface area (Å²) in [6, 6.07) is 9.93. The van der Waals surface area contributed by atoms with Crippen LogP contribution in [-0.2, 0) is 6.61 Å². The van der Waals surface area contributed by atoms with Crippen LogP contribution in [0.3, 0.4) is 0 Å². The van der Waals surface area contributed by atoms with Crippen LogP contribution in [0.1, 0.15) is 29.0 Å². The number of aliphatic hydroxyl groups excluding tert-OH is 1. The van der Waals surface area contributed by atoms with Gasteiger partial charge in [-0.15, -0.1) is 11.3 Å². The normalized spacial score (nSPS) is 12.4. The molecule has 0 fully saturated rings. The third-order valence-corrected chi connectivity index (χ3v) is 3.42. The molecule has 0 aliphatic heterocycles. The highest BCUT2D eigenvalue weighted by molar-refractivity contribution is 7.09. The minimum Gasteiger partial charge on any atom is -0.488 e. The molecule has 0 unspecified atom stereocenters. The standard InChI is InChI=1S/C14H16O2S/c1-10-5-6-13(11(2)15)14(8-10)16-9-12-4-3-7-17-12/h3-8,11,15H,9H2,1-2H3/t11-/m1/s1. The van der Waals surface area contributed by atoms with Gasteiger partial charge in [0.1, 0.15) is 12.4 Å². The number of benzene rings is 1. The fourth-order valence-electron chi connectivity index (χ4n) is 1.66. The summed E-state index contributed by atoms with van der Waals surface area (Å²) in [4.78, 5) is 1.18. The van der Waals surface area contributed by atoms with E-state index in [0.717, 1.165) is 16.9 Å². The van der Waals surface area contributed by atoms with Gasteiger partial charge in [-0.1, -0.05) is 18.2 Å². The molecule has 0 saturated carbocycles. The molecule has 0 bridgehead atoms. The Balaban J connectivity index is 2.16. The van der Waals surface area contributed by atoms with Crippen molar-refractivity contribution in [3.05, 3.63) is 51.7 Å². The Bertz CT molecular complexity index is 475. The fourth-order valence-corrected chi connectivity index (χ4v) is 2.27. The first-order chi connectivity index (χ1) is 8.16. The van der Waals surface area contributed by atoms with Crippen molar-refractivity contribution in [3.63, 3.8) is 0 Å². The number of thiophene rings is 1. The number of aryl methyl sites for hydroxylation is 1. The van der Waals surface area contributed by atoms with E-state index < -0.39 is 6.10 Å². The van der Waals surface area contributed by atoms with Crippen molar-refractivity contribution < 1.29 is 9.84 Å². The Labute approximate surface area is 105 Å². The summed E-state index contributed by atoms with van der Waals surface area (Å²) in [6.07, 6.45) is -0.506. The van der Waals surface area contributed by atoms with Gasteiger partial charge in [0.05, 0.1) is 6.10 Å². The van der Waals surface area contributed by atoms with Crippen LogP contribution in [0.2, 0.25) is 0 Å². The molecule has 1 atom stereocenters. The van der Waals surface area contributed by atoms with Crippen LogP contribution in [0.15, 0.2) is 35.7 Å². The van der Waals surface area contributed by atoms with Gasteiger partial charge in [-0.05, 0) is 36.9 Å². The van der Waals surface area contributed by atoms with Crippen LogP contribution in [-0.4, -0.2) is 5.11 Å². The second-order valence-electron chi connectivity index (χ2n) is 4.09. The maximum atomic E-state index is 9.68. The molecule has 0 spiro atoms. The van der Waals surface area contributed by atoms with Crippen molar-refractivity contribution in [3.8, 4) is 5.75 Å². The zero-order chi connectivity index (χ0) is 12.3. The van der Waals surface area contributed by atoms with E-state index in [4.69, 9.17) is 4.74 Å². The Kier molecular flexibility index (Phi) is 3.82. The van der Waals surface area contributed by atoms with E-state index >= 15 is 0 Å². The van der Waals surface area contributed by atoms with Gasteiger partial charge in [0.15, 0.2) is 0 Å². The molecule has 1 heterocycles. The van der Waals surface area contributed by atoms with Gasteiger partial charge in [0, 0.05) is 10.4 Å². The van der Waals surface area contributed by atoms with E-state index in [-0.39, 0.29) is 0 Å². The molecule has 3 heteroatoms. The number of hydrogen-bond acceptors (Lipinski definition) is 3. The van der Waals surface area contributed by atoms with Crippen LogP contribution in [0.25, 0.3) is 0 Å². The summed E-state index contributed by atoms with van der Waals surface area (Å²) >= 11 is 1.67. The molecular weight excluding hydrogens is 232 g/mol. The summed E-state index contributed by atoms with van der Waals surface area (Å²) in [5.41, 5.74) is 1.97. The van der Waals surface area contributed by atoms with Crippen molar-refractivity contribution in [1.29, 1.82) is 0 Å². The lowest BCUT2D eigenvalue weighted by atomic mass is 10.1. The molecule has 2 rings (SSSR count). The van der Waals surface area contributed by atoms with Gasteiger partial charge in [-0.25, -0.2) is 0 Å². The fraction of sp³-hybridized carbons (Fsp3) is 0.286. The molecule has 0 aliphatic carbocycles. The van der Waals surface area contributed by atoms with Crippen molar-refractivity contribution in [2.24, 2.45) is 0 Å². The minimum atomic E-state index is -0.506. The van der Waals surface area contributed by atoms with E-state index in [1.54, 1.807) is 18.3 Å². The molecule has 90 valence electrons. The zero-order valence-corrected chi connectivity index (χ0v) is 10.8. The average molecular weight is 248 g/mol. The van der Waals surface area contributed by atoms with Crippen molar-refractivity contribution in [1.82, 2.24) is 0 Å². The van der Waals surface area contributed by atoms with Gasteiger partial charge in [-0.2, -0.15) is 0 Å². The Hall–Kier alpha value is -1.32. The summed E-state index contributed by atoms with van der Waals surface area (Å²) in [5.74, 6) is 0.772. The molecule has 0 aliphatic rings. The van der Waals surface area contributed by atoms with Crippen molar-refractivity contribution >= 4 is 11.3 Å². The molecule has 17 heavy (non-hydrogen) atoms. The lowest BCUT2D eigenvalue weighted by Crippen LogP contribution is -2.00. The number of ether oxygens (including phenoxy) is 1. The lowest BCUT2D eigenvalue weighted by molar-refractivity contribution is 0.190. The van der Waals surface area contributed by atoms with E-state index in [9.17, 15) is 5.11 Å². The second kappa shape index (κ2) is 5.34. The molecule has 0 amide bonds. The van der Waals surface area contributed by atoms with Crippen molar-refractivity contribution in [2.45, 2.75) is 26.6 Å². The number of rotatable bonds is 4. The predicted octanol–water partition coefficient (Wildman–Crippen LogP) is 3.69. The maximum Gasteiger partial charge on any atom is 0.125 e. The third-order valence-electron chi connectivity index (χ3n) is 2.57. The smallest absolute Gasteiger partial charge is 0.125 e. The second-order valence-corrected chi connectivity index (χ2v) is 5.12. The van der Waals surface area contributed by atoms with Crippen LogP contribution >= 0.6 is 11.3 Å². The molecule has 2 nitrogen and oxygen atoms in total. The number of aliphatic hydroxyl groups is 1. The molecule has 1 aromatic carbocycles. The third kappa shape index (κ3) is 3.08. The predicted molar refractivity (Wildman–Crippen MR) is 70.5 cm³/mol. The SMILES string of the molecule is Cc1ccc([C@@H](C)O)c(OCc2cccs2)c1. The first kappa shape index (κ1) is 12.1. The largest absolute Gasteiger partial charge is 0.488 e. The van der Waals surface area contributed by atoms with E-state index in [2.05, 4.69) is 0 Å². The van der Waals surface area contributed by atoms with E-state index in [1.807, 2.05) is 42.6 Å². The molecule has 0 radical (unpaired) electrons. The lowest BCUT2D eigenvalue weighted by Gasteiger charge is -2.13. The zero-order valence-electron chi connectivity index (χ0n) is 10.0. The van der Waals surface area contributed by atoms with Gasteiger partial charge in [0.25, 0.3) is 0 Å². The number of hydrogen-bond donors (Lipinski definition) is 1. The molecule has 1 aromatic heterocycles. The quantitative estimate of drug-likeness (QED) is 0.894. The van der Waals surface area contributed by atoms with Crippen LogP contribution in [0.5, 0.6) is 5.75 Å². The highest BCUT2D eigenvalue weighted by Gasteiger charge is 2.09. The van der Waals surface area contributed by atoms with Gasteiger partial charge in [-0.3, -0.25) is 0 Å².